The van der Waals surface area contributed by atoms with Gasteiger partial charge >= 0.3 is 0 Å². The number of H-pyrrole nitrogens is 1. The van der Waals surface area contributed by atoms with Crippen LogP contribution in [0.1, 0.15) is 18.4 Å². The molecule has 1 N–H and O–H groups in total. The van der Waals surface area contributed by atoms with Crippen LogP contribution in [0.4, 0.5) is 0 Å². The normalized spacial score (nSPS) is 12.1. The van der Waals surface area contributed by atoms with Crippen LogP contribution < -0.4 is 0 Å². The van der Waals surface area contributed by atoms with Crippen LogP contribution >= 0.6 is 11.6 Å². The number of fused-ring (bicyclic) bond motifs is 1. The first-order valence-corrected chi connectivity index (χ1v) is 8.25. The number of aryl methyl sites for hydroxylation is 1. The summed E-state index contributed by atoms with van der Waals surface area (Å²) in [5.41, 5.74) is 2.25. The molecule has 1 aromatic carbocycles. The van der Waals surface area contributed by atoms with E-state index in [9.17, 15) is 8.42 Å². The van der Waals surface area contributed by atoms with Crippen molar-refractivity contribution in [2.24, 2.45) is 0 Å². The van der Waals surface area contributed by atoms with Crippen molar-refractivity contribution in [3.05, 3.63) is 35.0 Å². The highest BCUT2D eigenvalue weighted by molar-refractivity contribution is 7.85. The van der Waals surface area contributed by atoms with Crippen LogP contribution in [0.5, 0.6) is 0 Å². The van der Waals surface area contributed by atoms with Crippen molar-refractivity contribution in [2.75, 3.05) is 12.9 Å². The lowest BCUT2D eigenvalue weighted by Gasteiger charge is -2.01. The number of aromatic nitrogens is 1. The van der Waals surface area contributed by atoms with Crippen LogP contribution in [-0.2, 0) is 20.7 Å². The summed E-state index contributed by atoms with van der Waals surface area (Å²) in [6.07, 6.45) is 5.48. The van der Waals surface area contributed by atoms with Gasteiger partial charge in [-0.2, -0.15) is 8.42 Å². The largest absolute Gasteiger partial charge is 0.361 e. The average molecular weight is 302 g/mol. The van der Waals surface area contributed by atoms with Gasteiger partial charge < -0.3 is 4.98 Å². The maximum atomic E-state index is 10.8. The second-order valence-corrected chi connectivity index (χ2v) is 6.57. The Balaban J connectivity index is 1.90. The molecule has 0 atom stereocenters. The van der Waals surface area contributed by atoms with Gasteiger partial charge in [-0.3, -0.25) is 4.18 Å². The minimum Gasteiger partial charge on any atom is -0.361 e. The van der Waals surface area contributed by atoms with Gasteiger partial charge in [0.05, 0.1) is 12.9 Å². The molecular weight excluding hydrogens is 286 g/mol. The number of nitrogens with one attached hydrogen (secondary N) is 1. The third-order valence-electron chi connectivity index (χ3n) is 2.87. The number of benzene rings is 1. The maximum absolute atomic E-state index is 10.8. The van der Waals surface area contributed by atoms with Gasteiger partial charge in [0.15, 0.2) is 0 Å². The molecule has 2 aromatic rings. The van der Waals surface area contributed by atoms with Gasteiger partial charge in [0.25, 0.3) is 10.1 Å². The molecule has 4 nitrogen and oxygen atoms in total. The van der Waals surface area contributed by atoms with E-state index in [2.05, 4.69) is 4.98 Å². The van der Waals surface area contributed by atoms with Gasteiger partial charge in [-0.15, -0.1) is 0 Å². The first-order chi connectivity index (χ1) is 8.96. The number of rotatable bonds is 6. The van der Waals surface area contributed by atoms with E-state index in [1.165, 1.54) is 5.56 Å². The first kappa shape index (κ1) is 14.4. The highest BCUT2D eigenvalue weighted by Gasteiger charge is 2.05. The molecule has 0 saturated heterocycles. The first-order valence-electron chi connectivity index (χ1n) is 6.05. The topological polar surface area (TPSA) is 59.2 Å². The minimum atomic E-state index is -3.32. The monoisotopic (exact) mass is 301 g/mol. The molecule has 0 aliphatic carbocycles. The molecule has 0 saturated carbocycles. The lowest BCUT2D eigenvalue weighted by atomic mass is 10.1. The van der Waals surface area contributed by atoms with E-state index < -0.39 is 10.1 Å². The fourth-order valence-electron chi connectivity index (χ4n) is 1.99. The van der Waals surface area contributed by atoms with Crippen molar-refractivity contribution in [2.45, 2.75) is 19.3 Å². The standard InChI is InChI=1S/C13H16ClNO3S/c1-19(16,17)18-7-3-2-4-10-9-15-13-6-5-11(14)8-12(10)13/h5-6,8-9,15H,2-4,7H2,1H3. The molecular formula is C13H16ClNO3S. The highest BCUT2D eigenvalue weighted by atomic mass is 35.5. The molecule has 0 radical (unpaired) electrons. The van der Waals surface area contributed by atoms with Crippen molar-refractivity contribution in [1.29, 1.82) is 0 Å². The Hall–Kier alpha value is -1.04. The molecule has 0 aliphatic rings. The molecule has 19 heavy (non-hydrogen) atoms. The summed E-state index contributed by atoms with van der Waals surface area (Å²) in [6, 6.07) is 5.74. The molecule has 0 unspecified atom stereocenters. The van der Waals surface area contributed by atoms with Gasteiger partial charge in [-0.05, 0) is 43.0 Å². The Bertz CT molecular complexity index is 664. The molecule has 0 bridgehead atoms. The highest BCUT2D eigenvalue weighted by Crippen LogP contribution is 2.23. The summed E-state index contributed by atoms with van der Waals surface area (Å²) >= 11 is 5.98. The number of hydrogen-bond acceptors (Lipinski definition) is 3. The van der Waals surface area contributed by atoms with Gasteiger partial charge in [0.2, 0.25) is 0 Å². The zero-order valence-electron chi connectivity index (χ0n) is 10.6. The van der Waals surface area contributed by atoms with Crippen molar-refractivity contribution in [1.82, 2.24) is 4.98 Å². The van der Waals surface area contributed by atoms with Gasteiger partial charge in [-0.1, -0.05) is 11.6 Å². The molecule has 1 aromatic heterocycles. The third-order valence-corrected chi connectivity index (χ3v) is 3.70. The Kier molecular flexibility index (Phi) is 4.50. The van der Waals surface area contributed by atoms with Crippen LogP contribution in [0, 0.1) is 0 Å². The quantitative estimate of drug-likeness (QED) is 0.659. The molecule has 104 valence electrons. The molecule has 0 fully saturated rings. The Morgan fingerprint density at radius 3 is 2.84 bits per heavy atom. The van der Waals surface area contributed by atoms with E-state index in [-0.39, 0.29) is 6.61 Å². The number of aromatic amines is 1. The second-order valence-electron chi connectivity index (χ2n) is 4.49. The molecule has 0 aliphatic heterocycles. The number of unbranched alkanes of at least 4 members (excludes halogenated alkanes) is 1. The molecule has 0 amide bonds. The van der Waals surface area contributed by atoms with Crippen LogP contribution in [0.2, 0.25) is 5.02 Å². The SMILES string of the molecule is CS(=O)(=O)OCCCCc1c[nH]c2ccc(Cl)cc12. The van der Waals surface area contributed by atoms with E-state index in [4.69, 9.17) is 15.8 Å². The van der Waals surface area contributed by atoms with Crippen molar-refractivity contribution in [3.63, 3.8) is 0 Å². The van der Waals surface area contributed by atoms with Gasteiger partial charge in [-0.25, -0.2) is 0 Å². The van der Waals surface area contributed by atoms with E-state index in [1.807, 2.05) is 24.4 Å². The molecule has 0 spiro atoms. The van der Waals surface area contributed by atoms with Crippen molar-refractivity contribution in [3.8, 4) is 0 Å². The fourth-order valence-corrected chi connectivity index (χ4v) is 2.58. The van der Waals surface area contributed by atoms with Crippen LogP contribution in [0.25, 0.3) is 10.9 Å². The lowest BCUT2D eigenvalue weighted by Crippen LogP contribution is -2.04. The average Bonchev–Trinajstić information content (AvgIpc) is 2.70. The minimum absolute atomic E-state index is 0.238. The van der Waals surface area contributed by atoms with Crippen LogP contribution in [-0.4, -0.2) is 26.3 Å². The molecule has 2 rings (SSSR count). The Morgan fingerprint density at radius 2 is 2.11 bits per heavy atom. The zero-order valence-corrected chi connectivity index (χ0v) is 12.2. The smallest absolute Gasteiger partial charge is 0.264 e. The maximum Gasteiger partial charge on any atom is 0.264 e. The fraction of sp³-hybridized carbons (Fsp3) is 0.385. The summed E-state index contributed by atoms with van der Waals surface area (Å²) in [4.78, 5) is 3.19. The van der Waals surface area contributed by atoms with E-state index in [0.29, 0.717) is 11.4 Å². The summed E-state index contributed by atoms with van der Waals surface area (Å²) in [6.45, 7) is 0.238. The van der Waals surface area contributed by atoms with Gasteiger partial charge in [0, 0.05) is 22.1 Å². The number of hydrogen-bond donors (Lipinski definition) is 1. The van der Waals surface area contributed by atoms with Crippen LogP contribution in [0.15, 0.2) is 24.4 Å². The zero-order chi connectivity index (χ0) is 13.9. The van der Waals surface area contributed by atoms with Crippen molar-refractivity contribution >= 4 is 32.6 Å². The van der Waals surface area contributed by atoms with Crippen LogP contribution in [0.3, 0.4) is 0 Å². The Morgan fingerprint density at radius 1 is 1.32 bits per heavy atom. The summed E-state index contributed by atoms with van der Waals surface area (Å²) in [5, 5.41) is 1.84. The second kappa shape index (κ2) is 5.94. The Labute approximate surface area is 117 Å². The molecule has 1 heterocycles. The summed E-state index contributed by atoms with van der Waals surface area (Å²) in [7, 11) is -3.32. The van der Waals surface area contributed by atoms with Gasteiger partial charge in [0.1, 0.15) is 0 Å². The van der Waals surface area contributed by atoms with Crippen molar-refractivity contribution < 1.29 is 12.6 Å². The summed E-state index contributed by atoms with van der Waals surface area (Å²) in [5.74, 6) is 0. The summed E-state index contributed by atoms with van der Waals surface area (Å²) < 4.78 is 26.3. The third kappa shape index (κ3) is 4.23. The van der Waals surface area contributed by atoms with E-state index >= 15 is 0 Å². The predicted octanol–water partition coefficient (Wildman–Crippen LogP) is 3.12. The predicted molar refractivity (Wildman–Crippen MR) is 77.0 cm³/mol. The lowest BCUT2D eigenvalue weighted by molar-refractivity contribution is 0.312. The number of halogens is 1. The van der Waals surface area contributed by atoms with E-state index in [1.54, 1.807) is 0 Å². The van der Waals surface area contributed by atoms with E-state index in [0.717, 1.165) is 30.0 Å². The molecule has 6 heteroatoms.